The number of alkyl carbamates (subject to hydrolysis) is 1. The van der Waals surface area contributed by atoms with E-state index in [9.17, 15) is 19.2 Å². The molecule has 158 valence electrons. The van der Waals surface area contributed by atoms with E-state index in [-0.39, 0.29) is 18.8 Å². The molecule has 1 aliphatic heterocycles. The normalized spacial score (nSPS) is 17.9. The summed E-state index contributed by atoms with van der Waals surface area (Å²) in [4.78, 5) is 49.4. The monoisotopic (exact) mass is 413 g/mol. The number of ketones is 2. The number of nitrogens with zero attached hydrogens (tertiary/aromatic N) is 1. The average Bonchev–Trinajstić information content (AvgIpc) is 3.28. The minimum Gasteiger partial charge on any atom is -0.445 e. The molecule has 2 atom stereocenters. The zero-order chi connectivity index (χ0) is 21.3. The van der Waals surface area contributed by atoms with Gasteiger partial charge in [-0.05, 0) is 18.4 Å². The molecule has 9 nitrogen and oxygen atoms in total. The van der Waals surface area contributed by atoms with Gasteiger partial charge in [0.2, 0.25) is 5.78 Å². The Balaban J connectivity index is 1.65. The van der Waals surface area contributed by atoms with Crippen LogP contribution in [0, 0.1) is 5.92 Å². The van der Waals surface area contributed by atoms with Crippen LogP contribution < -0.4 is 10.6 Å². The standard InChI is InChI=1S/C21H23N3O6/c25-16(12-15-8-4-5-10-22-20(27)19(15)26)18(17-9-11-23-30-17)24-21(28)29-13-14-6-2-1-3-7-14/h1-3,6-7,9,11,15,18H,4-5,8,10,12-13H2,(H,22,27)(H,24,28). The molecule has 2 heterocycles. The fourth-order valence-electron chi connectivity index (χ4n) is 3.24. The van der Waals surface area contributed by atoms with Crippen LogP contribution in [0.3, 0.4) is 0 Å². The van der Waals surface area contributed by atoms with Gasteiger partial charge in [0.1, 0.15) is 6.61 Å². The Morgan fingerprint density at radius 1 is 1.20 bits per heavy atom. The van der Waals surface area contributed by atoms with Crippen LogP contribution in [-0.2, 0) is 25.7 Å². The summed E-state index contributed by atoms with van der Waals surface area (Å²) in [5, 5.41) is 8.59. The van der Waals surface area contributed by atoms with Crippen LogP contribution in [0.25, 0.3) is 0 Å². The molecular weight excluding hydrogens is 390 g/mol. The molecule has 1 aromatic carbocycles. The maximum absolute atomic E-state index is 12.9. The predicted molar refractivity (Wildman–Crippen MR) is 104 cm³/mol. The molecule has 0 saturated carbocycles. The molecule has 2 N–H and O–H groups in total. The summed E-state index contributed by atoms with van der Waals surface area (Å²) in [5.74, 6) is -2.38. The number of rotatable bonds is 7. The first-order valence-corrected chi connectivity index (χ1v) is 9.77. The number of hydrogen-bond acceptors (Lipinski definition) is 7. The molecule has 3 rings (SSSR count). The third-order valence-corrected chi connectivity index (χ3v) is 4.85. The fourth-order valence-corrected chi connectivity index (χ4v) is 3.24. The number of benzene rings is 1. The molecule has 1 fully saturated rings. The van der Waals surface area contributed by atoms with Gasteiger partial charge < -0.3 is 19.9 Å². The van der Waals surface area contributed by atoms with Crippen LogP contribution in [0.15, 0.2) is 47.1 Å². The minimum atomic E-state index is -1.17. The molecule has 0 spiro atoms. The van der Waals surface area contributed by atoms with Crippen molar-refractivity contribution < 1.29 is 28.4 Å². The topological polar surface area (TPSA) is 128 Å². The Morgan fingerprint density at radius 3 is 2.73 bits per heavy atom. The van der Waals surface area contributed by atoms with E-state index in [1.165, 1.54) is 12.3 Å². The van der Waals surface area contributed by atoms with Crippen LogP contribution in [0.4, 0.5) is 4.79 Å². The number of carbonyl (C=O) groups is 4. The molecule has 1 aliphatic rings. The molecule has 0 radical (unpaired) electrons. The summed E-state index contributed by atoms with van der Waals surface area (Å²) in [6.07, 6.45) is 2.22. The minimum absolute atomic E-state index is 0.0330. The molecule has 2 aromatic rings. The van der Waals surface area contributed by atoms with Gasteiger partial charge in [-0.2, -0.15) is 0 Å². The van der Waals surface area contributed by atoms with Gasteiger partial charge in [0.05, 0.1) is 6.20 Å². The van der Waals surface area contributed by atoms with Crippen molar-refractivity contribution in [3.63, 3.8) is 0 Å². The van der Waals surface area contributed by atoms with Gasteiger partial charge in [-0.25, -0.2) is 4.79 Å². The van der Waals surface area contributed by atoms with E-state index in [1.54, 1.807) is 12.1 Å². The molecular formula is C21H23N3O6. The molecule has 0 bridgehead atoms. The lowest BCUT2D eigenvalue weighted by molar-refractivity contribution is -0.141. The average molecular weight is 413 g/mol. The first-order valence-electron chi connectivity index (χ1n) is 9.77. The summed E-state index contributed by atoms with van der Waals surface area (Å²) in [7, 11) is 0. The van der Waals surface area contributed by atoms with E-state index in [1.807, 2.05) is 18.2 Å². The van der Waals surface area contributed by atoms with Crippen LogP contribution in [0.5, 0.6) is 0 Å². The molecule has 1 saturated heterocycles. The maximum Gasteiger partial charge on any atom is 0.408 e. The number of ether oxygens (including phenoxy) is 1. The third-order valence-electron chi connectivity index (χ3n) is 4.85. The predicted octanol–water partition coefficient (Wildman–Crippen LogP) is 2.09. The van der Waals surface area contributed by atoms with Gasteiger partial charge in [0.25, 0.3) is 5.91 Å². The highest BCUT2D eigenvalue weighted by molar-refractivity contribution is 6.37. The van der Waals surface area contributed by atoms with Crippen molar-refractivity contribution >= 4 is 23.6 Å². The number of Topliss-reactive ketones (excluding diaryl/α,β-unsaturated/α-hetero) is 2. The van der Waals surface area contributed by atoms with Crippen molar-refractivity contribution in [1.82, 2.24) is 15.8 Å². The lowest BCUT2D eigenvalue weighted by Gasteiger charge is -2.20. The van der Waals surface area contributed by atoms with Crippen LogP contribution >= 0.6 is 0 Å². The molecule has 1 aromatic heterocycles. The summed E-state index contributed by atoms with van der Waals surface area (Å²) in [6, 6.07) is 9.37. The number of amides is 2. The van der Waals surface area contributed by atoms with Crippen molar-refractivity contribution in [1.29, 1.82) is 0 Å². The summed E-state index contributed by atoms with van der Waals surface area (Å²) >= 11 is 0. The molecule has 0 aliphatic carbocycles. The first kappa shape index (κ1) is 21.2. The highest BCUT2D eigenvalue weighted by Crippen LogP contribution is 2.23. The van der Waals surface area contributed by atoms with Gasteiger partial charge in [0, 0.05) is 24.9 Å². The Labute approximate surface area is 173 Å². The largest absolute Gasteiger partial charge is 0.445 e. The number of hydrogen-bond donors (Lipinski definition) is 2. The molecule has 2 unspecified atom stereocenters. The second-order valence-electron chi connectivity index (χ2n) is 7.04. The lowest BCUT2D eigenvalue weighted by Crippen LogP contribution is -2.40. The zero-order valence-corrected chi connectivity index (χ0v) is 16.3. The van der Waals surface area contributed by atoms with Crippen molar-refractivity contribution in [3.05, 3.63) is 53.9 Å². The van der Waals surface area contributed by atoms with Crippen molar-refractivity contribution in [2.24, 2.45) is 5.92 Å². The van der Waals surface area contributed by atoms with E-state index in [4.69, 9.17) is 9.26 Å². The van der Waals surface area contributed by atoms with Gasteiger partial charge in [-0.15, -0.1) is 0 Å². The van der Waals surface area contributed by atoms with Gasteiger partial charge in [-0.3, -0.25) is 14.4 Å². The van der Waals surface area contributed by atoms with Crippen molar-refractivity contribution in [2.75, 3.05) is 6.54 Å². The SMILES string of the molecule is O=C(NC(C(=O)CC1CCCCNC(=O)C1=O)c1ccno1)OCc1ccccc1. The van der Waals surface area contributed by atoms with Crippen LogP contribution in [0.2, 0.25) is 0 Å². The van der Waals surface area contributed by atoms with Gasteiger partial charge in [0.15, 0.2) is 17.6 Å². The maximum atomic E-state index is 12.9. The van der Waals surface area contributed by atoms with E-state index in [0.29, 0.717) is 19.4 Å². The Morgan fingerprint density at radius 2 is 2.00 bits per heavy atom. The second-order valence-corrected chi connectivity index (χ2v) is 7.04. The van der Waals surface area contributed by atoms with E-state index in [2.05, 4.69) is 15.8 Å². The Hall–Kier alpha value is -3.49. The number of nitrogens with one attached hydrogen (secondary N) is 2. The third kappa shape index (κ3) is 5.76. The van der Waals surface area contributed by atoms with Crippen LogP contribution in [-0.4, -0.2) is 35.3 Å². The number of aromatic nitrogens is 1. The first-order chi connectivity index (χ1) is 14.5. The second kappa shape index (κ2) is 10.3. The van der Waals surface area contributed by atoms with Gasteiger partial charge >= 0.3 is 6.09 Å². The van der Waals surface area contributed by atoms with E-state index >= 15 is 0 Å². The van der Waals surface area contributed by atoms with E-state index < -0.39 is 35.5 Å². The molecule has 2 amide bonds. The smallest absolute Gasteiger partial charge is 0.408 e. The van der Waals surface area contributed by atoms with Crippen molar-refractivity contribution in [2.45, 2.75) is 38.3 Å². The summed E-state index contributed by atoms with van der Waals surface area (Å²) in [5.41, 5.74) is 0.793. The number of carbonyl (C=O) groups excluding carboxylic acids is 4. The van der Waals surface area contributed by atoms with Crippen LogP contribution in [0.1, 0.15) is 43.0 Å². The lowest BCUT2D eigenvalue weighted by atomic mass is 9.88. The van der Waals surface area contributed by atoms with Gasteiger partial charge in [-0.1, -0.05) is 41.9 Å². The summed E-state index contributed by atoms with van der Waals surface area (Å²) < 4.78 is 10.2. The molecule has 9 heteroatoms. The quantitative estimate of drug-likeness (QED) is 0.665. The summed E-state index contributed by atoms with van der Waals surface area (Å²) in [6.45, 7) is 0.478. The Bertz CT molecular complexity index is 881. The van der Waals surface area contributed by atoms with E-state index in [0.717, 1.165) is 12.0 Å². The molecule has 30 heavy (non-hydrogen) atoms. The van der Waals surface area contributed by atoms with Crippen molar-refractivity contribution in [3.8, 4) is 0 Å². The highest BCUT2D eigenvalue weighted by atomic mass is 16.5. The zero-order valence-electron chi connectivity index (χ0n) is 16.3. The highest BCUT2D eigenvalue weighted by Gasteiger charge is 2.33. The fraction of sp³-hybridized carbons (Fsp3) is 0.381. The Kier molecular flexibility index (Phi) is 7.31.